The highest BCUT2D eigenvalue weighted by Gasteiger charge is 2.16. The van der Waals surface area contributed by atoms with Gasteiger partial charge in [-0.1, -0.05) is 84.1 Å². The number of rotatable bonds is 20. The van der Waals surface area contributed by atoms with Crippen LogP contribution in [-0.2, 0) is 0 Å². The molecule has 0 aliphatic rings. The Morgan fingerprint density at radius 2 is 1.14 bits per heavy atom. The zero-order valence-corrected chi connectivity index (χ0v) is 23.6. The zero-order valence-electron chi connectivity index (χ0n) is 23.6. The van der Waals surface area contributed by atoms with Crippen LogP contribution in [0.4, 0.5) is 21.0 Å². The summed E-state index contributed by atoms with van der Waals surface area (Å²) < 4.78 is 0. The lowest BCUT2D eigenvalue weighted by Crippen LogP contribution is -2.38. The summed E-state index contributed by atoms with van der Waals surface area (Å²) >= 11 is 0. The van der Waals surface area contributed by atoms with Crippen LogP contribution in [0.15, 0.2) is 18.2 Å². The van der Waals surface area contributed by atoms with Gasteiger partial charge in [-0.15, -0.1) is 0 Å². The van der Waals surface area contributed by atoms with E-state index < -0.39 is 0 Å². The van der Waals surface area contributed by atoms with Crippen molar-refractivity contribution < 1.29 is 19.8 Å². The Morgan fingerprint density at radius 3 is 1.62 bits per heavy atom. The van der Waals surface area contributed by atoms with E-state index in [1.54, 1.807) is 15.9 Å². The molecule has 0 aliphatic heterocycles. The first-order chi connectivity index (χ1) is 18.0. The fourth-order valence-electron chi connectivity index (χ4n) is 4.27. The quantitative estimate of drug-likeness (QED) is 0.150. The molecule has 0 aromatic heterocycles. The summed E-state index contributed by atoms with van der Waals surface area (Å²) in [7, 11) is 0. The molecule has 0 bridgehead atoms. The molecule has 0 atom stereocenters. The molecular weight excluding hydrogens is 468 g/mol. The molecule has 0 spiro atoms. The number of carbonyl (C=O) groups excluding carboxylic acids is 2. The maximum Gasteiger partial charge on any atom is 0.321 e. The fourth-order valence-corrected chi connectivity index (χ4v) is 4.27. The van der Waals surface area contributed by atoms with Gasteiger partial charge in [0, 0.05) is 37.6 Å². The van der Waals surface area contributed by atoms with Gasteiger partial charge in [0.1, 0.15) is 0 Å². The van der Waals surface area contributed by atoms with Gasteiger partial charge in [0.15, 0.2) is 0 Å². The van der Waals surface area contributed by atoms with Gasteiger partial charge in [-0.05, 0) is 37.5 Å². The Hall–Kier alpha value is -2.32. The molecule has 37 heavy (non-hydrogen) atoms. The molecule has 0 radical (unpaired) electrons. The van der Waals surface area contributed by atoms with Crippen LogP contribution in [0.2, 0.25) is 0 Å². The zero-order chi connectivity index (χ0) is 27.3. The van der Waals surface area contributed by atoms with Crippen molar-refractivity contribution in [3.8, 4) is 0 Å². The Balaban J connectivity index is 2.68. The number of anilines is 2. The van der Waals surface area contributed by atoms with Gasteiger partial charge in [0.2, 0.25) is 0 Å². The molecule has 0 saturated heterocycles. The molecule has 0 fully saturated rings. The minimum Gasteiger partial charge on any atom is -0.395 e. The van der Waals surface area contributed by atoms with Crippen LogP contribution in [0.5, 0.6) is 0 Å². The number of nitrogens with zero attached hydrogens (tertiary/aromatic N) is 2. The SMILES string of the molecule is CCCCCCCCN(CCO)C(=O)Nc1ccc(C)c(NC(=O)N(CCO)CCCCCCCC)c1. The average molecular weight is 521 g/mol. The molecule has 212 valence electrons. The first-order valence-corrected chi connectivity index (χ1v) is 14.4. The molecule has 1 aromatic carbocycles. The number of carbonyl (C=O) groups is 2. The third kappa shape index (κ3) is 14.3. The van der Waals surface area contributed by atoms with Crippen molar-refractivity contribution in [3.05, 3.63) is 23.8 Å². The molecule has 4 amide bonds. The Labute approximate surface area is 224 Å². The topological polar surface area (TPSA) is 105 Å². The van der Waals surface area contributed by atoms with Crippen LogP contribution < -0.4 is 10.6 Å². The highest BCUT2D eigenvalue weighted by molar-refractivity contribution is 5.93. The van der Waals surface area contributed by atoms with Crippen molar-refractivity contribution in [1.29, 1.82) is 0 Å². The summed E-state index contributed by atoms with van der Waals surface area (Å²) in [4.78, 5) is 29.1. The fraction of sp³-hybridized carbons (Fsp3) is 0.724. The van der Waals surface area contributed by atoms with Crippen LogP contribution >= 0.6 is 0 Å². The summed E-state index contributed by atoms with van der Waals surface area (Å²) in [6.45, 7) is 7.88. The first-order valence-electron chi connectivity index (χ1n) is 14.4. The smallest absolute Gasteiger partial charge is 0.321 e. The van der Waals surface area contributed by atoms with Gasteiger partial charge >= 0.3 is 12.1 Å². The Kier molecular flexibility index (Phi) is 18.3. The molecule has 0 heterocycles. The number of unbranched alkanes of at least 4 members (excludes halogenated alkanes) is 10. The molecule has 0 aliphatic carbocycles. The summed E-state index contributed by atoms with van der Waals surface area (Å²) in [5.41, 5.74) is 2.09. The summed E-state index contributed by atoms with van der Waals surface area (Å²) in [5, 5.41) is 24.7. The Bertz CT molecular complexity index is 759. The molecule has 8 heteroatoms. The lowest BCUT2D eigenvalue weighted by Gasteiger charge is -2.24. The third-order valence-corrected chi connectivity index (χ3v) is 6.61. The van der Waals surface area contributed by atoms with Crippen molar-refractivity contribution in [2.75, 3.05) is 50.0 Å². The highest BCUT2D eigenvalue weighted by atomic mass is 16.3. The van der Waals surface area contributed by atoms with Crippen LogP contribution in [0.25, 0.3) is 0 Å². The number of aliphatic hydroxyl groups excluding tert-OH is 2. The van der Waals surface area contributed by atoms with Crippen LogP contribution in [-0.4, -0.2) is 71.5 Å². The van der Waals surface area contributed by atoms with Crippen LogP contribution in [0, 0.1) is 6.92 Å². The van der Waals surface area contributed by atoms with Crippen molar-refractivity contribution >= 4 is 23.4 Å². The number of benzene rings is 1. The van der Waals surface area contributed by atoms with Gasteiger partial charge in [-0.25, -0.2) is 9.59 Å². The monoisotopic (exact) mass is 520 g/mol. The van der Waals surface area contributed by atoms with E-state index in [0.717, 1.165) is 44.1 Å². The highest BCUT2D eigenvalue weighted by Crippen LogP contribution is 2.21. The van der Waals surface area contributed by atoms with E-state index in [4.69, 9.17) is 0 Å². The van der Waals surface area contributed by atoms with Crippen molar-refractivity contribution in [2.24, 2.45) is 0 Å². The van der Waals surface area contributed by atoms with E-state index in [1.165, 1.54) is 38.5 Å². The van der Waals surface area contributed by atoms with E-state index in [2.05, 4.69) is 24.5 Å². The number of nitrogens with one attached hydrogen (secondary N) is 2. The predicted octanol–water partition coefficient (Wildman–Crippen LogP) is 6.37. The van der Waals surface area contributed by atoms with E-state index in [1.807, 2.05) is 19.1 Å². The van der Waals surface area contributed by atoms with Gasteiger partial charge in [-0.2, -0.15) is 0 Å². The van der Waals surface area contributed by atoms with E-state index in [-0.39, 0.29) is 38.4 Å². The van der Waals surface area contributed by atoms with Crippen LogP contribution in [0.3, 0.4) is 0 Å². The maximum absolute atomic E-state index is 12.9. The van der Waals surface area contributed by atoms with Gasteiger partial charge in [0.05, 0.1) is 13.2 Å². The molecule has 0 unspecified atom stereocenters. The van der Waals surface area contributed by atoms with E-state index in [0.29, 0.717) is 24.5 Å². The predicted molar refractivity (Wildman–Crippen MR) is 153 cm³/mol. The molecule has 0 saturated carbocycles. The number of urea groups is 2. The number of amides is 4. The maximum atomic E-state index is 12.9. The molecular formula is C29H52N4O4. The number of aliphatic hydroxyl groups is 2. The molecule has 8 nitrogen and oxygen atoms in total. The second-order valence-corrected chi connectivity index (χ2v) is 9.85. The van der Waals surface area contributed by atoms with Crippen molar-refractivity contribution in [2.45, 2.75) is 97.8 Å². The normalized spacial score (nSPS) is 10.8. The lowest BCUT2D eigenvalue weighted by molar-refractivity contribution is 0.187. The molecule has 1 rings (SSSR count). The second-order valence-electron chi connectivity index (χ2n) is 9.85. The molecule has 1 aromatic rings. The minimum absolute atomic E-state index is 0.0856. The van der Waals surface area contributed by atoms with Gasteiger partial charge in [-0.3, -0.25) is 0 Å². The van der Waals surface area contributed by atoms with Gasteiger partial charge in [0.25, 0.3) is 0 Å². The lowest BCUT2D eigenvalue weighted by atomic mass is 10.1. The minimum atomic E-state index is -0.256. The number of aryl methyl sites for hydroxylation is 1. The largest absolute Gasteiger partial charge is 0.395 e. The van der Waals surface area contributed by atoms with Crippen LogP contribution in [0.1, 0.15) is 96.5 Å². The van der Waals surface area contributed by atoms with Gasteiger partial charge < -0.3 is 30.6 Å². The number of hydrogen-bond acceptors (Lipinski definition) is 4. The average Bonchev–Trinajstić information content (AvgIpc) is 2.88. The summed E-state index contributed by atoms with van der Waals surface area (Å²) in [6.07, 6.45) is 13.6. The summed E-state index contributed by atoms with van der Waals surface area (Å²) in [6, 6.07) is 4.92. The third-order valence-electron chi connectivity index (χ3n) is 6.61. The first kappa shape index (κ1) is 32.7. The van der Waals surface area contributed by atoms with Crippen molar-refractivity contribution in [3.63, 3.8) is 0 Å². The second kappa shape index (κ2) is 20.7. The molecule has 4 N–H and O–H groups in total. The number of hydrogen-bond donors (Lipinski definition) is 4. The standard InChI is InChI=1S/C29H52N4O4/c1-4-6-8-10-12-14-18-32(20-22-34)28(36)30-26-17-16-25(3)27(24-26)31-29(37)33(21-23-35)19-15-13-11-9-7-5-2/h16-17,24,34-35H,4-15,18-23H2,1-3H3,(H,30,36)(H,31,37). The summed E-state index contributed by atoms with van der Waals surface area (Å²) in [5.74, 6) is 0. The van der Waals surface area contributed by atoms with Crippen molar-refractivity contribution in [1.82, 2.24) is 9.80 Å². The Morgan fingerprint density at radius 1 is 0.676 bits per heavy atom. The van der Waals surface area contributed by atoms with E-state index in [9.17, 15) is 19.8 Å². The van der Waals surface area contributed by atoms with E-state index >= 15 is 0 Å².